The molecule has 5 rings (SSSR count). The Labute approximate surface area is 210 Å². The standard InChI is InChI=1S/C27H29N3O5S/c1-35-23-9-2-19(3-10-23)21-6-13-25(28-18-21)20-4-11-24(12-5-20)36(33,34)27(26(31)29-32)14-16-30(17-15-27)22-7-8-22/h2-6,9-13,18,22,32H,7-8,14-17H2,1H3,(H,29,31). The van der Waals surface area contributed by atoms with Crippen LogP contribution < -0.4 is 10.2 Å². The van der Waals surface area contributed by atoms with Crippen LogP contribution in [0.4, 0.5) is 0 Å². The van der Waals surface area contributed by atoms with Crippen molar-refractivity contribution >= 4 is 15.7 Å². The molecule has 36 heavy (non-hydrogen) atoms. The first-order chi connectivity index (χ1) is 17.4. The van der Waals surface area contributed by atoms with Gasteiger partial charge in [0.25, 0.3) is 5.91 Å². The van der Waals surface area contributed by atoms with Crippen molar-refractivity contribution in [3.05, 3.63) is 66.9 Å². The Bertz CT molecular complexity index is 1330. The number of carbonyl (C=O) groups is 1. The third-order valence-electron chi connectivity index (χ3n) is 7.35. The number of hydrogen-bond acceptors (Lipinski definition) is 7. The van der Waals surface area contributed by atoms with E-state index >= 15 is 0 Å². The van der Waals surface area contributed by atoms with Gasteiger partial charge < -0.3 is 9.64 Å². The van der Waals surface area contributed by atoms with Crippen LogP contribution in [0.2, 0.25) is 0 Å². The van der Waals surface area contributed by atoms with E-state index in [-0.39, 0.29) is 17.7 Å². The lowest BCUT2D eigenvalue weighted by Crippen LogP contribution is -2.58. The minimum atomic E-state index is -4.04. The Morgan fingerprint density at radius 3 is 2.11 bits per heavy atom. The number of methoxy groups -OCH3 is 1. The zero-order valence-corrected chi connectivity index (χ0v) is 20.9. The van der Waals surface area contributed by atoms with Gasteiger partial charge in [-0.15, -0.1) is 0 Å². The summed E-state index contributed by atoms with van der Waals surface area (Å²) in [6.45, 7) is 1.03. The second-order valence-corrected chi connectivity index (χ2v) is 11.7. The number of amides is 1. The minimum absolute atomic E-state index is 0.0598. The molecule has 1 aromatic heterocycles. The van der Waals surface area contributed by atoms with Crippen molar-refractivity contribution in [2.75, 3.05) is 20.2 Å². The number of benzene rings is 2. The normalized spacial score (nSPS) is 17.9. The van der Waals surface area contributed by atoms with Crippen LogP contribution in [0, 0.1) is 0 Å². The summed E-state index contributed by atoms with van der Waals surface area (Å²) in [6, 6.07) is 18.5. The van der Waals surface area contributed by atoms with Crippen molar-refractivity contribution in [2.24, 2.45) is 0 Å². The largest absolute Gasteiger partial charge is 0.497 e. The first kappa shape index (κ1) is 24.4. The molecule has 2 aromatic carbocycles. The molecular weight excluding hydrogens is 478 g/mol. The van der Waals surface area contributed by atoms with Gasteiger partial charge in [0, 0.05) is 36.5 Å². The van der Waals surface area contributed by atoms with Crippen molar-refractivity contribution in [1.29, 1.82) is 0 Å². The second-order valence-electron chi connectivity index (χ2n) is 9.39. The summed E-state index contributed by atoms with van der Waals surface area (Å²) in [5.41, 5.74) is 5.05. The van der Waals surface area contributed by atoms with Gasteiger partial charge in [0.1, 0.15) is 5.75 Å². The minimum Gasteiger partial charge on any atom is -0.497 e. The Morgan fingerprint density at radius 1 is 0.972 bits per heavy atom. The molecule has 0 bridgehead atoms. The number of ether oxygens (including phenoxy) is 1. The predicted molar refractivity (Wildman–Crippen MR) is 135 cm³/mol. The molecule has 0 atom stereocenters. The molecule has 1 aliphatic carbocycles. The molecule has 2 fully saturated rings. The van der Waals surface area contributed by atoms with Gasteiger partial charge in [-0.1, -0.05) is 30.3 Å². The van der Waals surface area contributed by atoms with Gasteiger partial charge in [0.05, 0.1) is 17.7 Å². The van der Waals surface area contributed by atoms with Crippen LogP contribution in [0.15, 0.2) is 71.8 Å². The lowest BCUT2D eigenvalue weighted by molar-refractivity contribution is -0.133. The van der Waals surface area contributed by atoms with Gasteiger partial charge in [0.15, 0.2) is 14.6 Å². The fourth-order valence-corrected chi connectivity index (χ4v) is 6.91. The number of likely N-dealkylation sites (tertiary alicyclic amines) is 1. The second kappa shape index (κ2) is 9.65. The van der Waals surface area contributed by atoms with Crippen LogP contribution in [-0.2, 0) is 14.6 Å². The Hall–Kier alpha value is -3.27. The number of nitrogens with one attached hydrogen (secondary N) is 1. The molecule has 1 saturated carbocycles. The van der Waals surface area contributed by atoms with E-state index in [1.807, 2.05) is 36.4 Å². The Morgan fingerprint density at radius 2 is 1.58 bits per heavy atom. The van der Waals surface area contributed by atoms with E-state index in [4.69, 9.17) is 4.74 Å². The summed E-state index contributed by atoms with van der Waals surface area (Å²) in [6.07, 6.45) is 4.30. The van der Waals surface area contributed by atoms with Crippen molar-refractivity contribution in [2.45, 2.75) is 41.4 Å². The van der Waals surface area contributed by atoms with Crippen LogP contribution in [0.3, 0.4) is 0 Å². The Kier molecular flexibility index (Phi) is 6.55. The van der Waals surface area contributed by atoms with Crippen LogP contribution in [0.5, 0.6) is 5.75 Å². The fourth-order valence-electron chi connectivity index (χ4n) is 4.96. The number of sulfone groups is 1. The van der Waals surface area contributed by atoms with Crippen molar-refractivity contribution in [3.8, 4) is 28.1 Å². The topological polar surface area (TPSA) is 109 Å². The van der Waals surface area contributed by atoms with E-state index in [0.717, 1.165) is 35.3 Å². The maximum absolute atomic E-state index is 13.7. The molecule has 9 heteroatoms. The highest BCUT2D eigenvalue weighted by molar-refractivity contribution is 7.93. The molecule has 1 aliphatic heterocycles. The summed E-state index contributed by atoms with van der Waals surface area (Å²) in [5, 5.41) is 9.38. The average molecular weight is 508 g/mol. The summed E-state index contributed by atoms with van der Waals surface area (Å²) in [7, 11) is -2.41. The molecule has 2 N–H and O–H groups in total. The van der Waals surface area contributed by atoms with Gasteiger partial charge in [-0.05, 0) is 61.6 Å². The van der Waals surface area contributed by atoms with Crippen LogP contribution in [-0.4, -0.2) is 60.4 Å². The van der Waals surface area contributed by atoms with Crippen LogP contribution in [0.25, 0.3) is 22.4 Å². The van der Waals surface area contributed by atoms with Gasteiger partial charge in [-0.2, -0.15) is 0 Å². The van der Waals surface area contributed by atoms with Crippen molar-refractivity contribution in [1.82, 2.24) is 15.4 Å². The molecule has 0 unspecified atom stereocenters. The van der Waals surface area contributed by atoms with Crippen molar-refractivity contribution < 1.29 is 23.2 Å². The lowest BCUT2D eigenvalue weighted by Gasteiger charge is -2.39. The number of aromatic nitrogens is 1. The van der Waals surface area contributed by atoms with Crippen molar-refractivity contribution in [3.63, 3.8) is 0 Å². The molecule has 1 saturated heterocycles. The zero-order valence-electron chi connectivity index (χ0n) is 20.1. The molecule has 2 heterocycles. The number of hydrogen-bond donors (Lipinski definition) is 2. The number of pyridine rings is 1. The highest BCUT2D eigenvalue weighted by atomic mass is 32.2. The van der Waals surface area contributed by atoms with Gasteiger partial charge in [-0.25, -0.2) is 13.9 Å². The number of piperidine rings is 1. The zero-order chi connectivity index (χ0) is 25.3. The third-order valence-corrected chi connectivity index (χ3v) is 9.86. The summed E-state index contributed by atoms with van der Waals surface area (Å²) in [4.78, 5) is 19.5. The molecule has 188 valence electrons. The monoisotopic (exact) mass is 507 g/mol. The Balaban J connectivity index is 1.37. The van der Waals surface area contributed by atoms with E-state index in [9.17, 15) is 18.4 Å². The summed E-state index contributed by atoms with van der Waals surface area (Å²) in [5.74, 6) is -0.0806. The number of rotatable bonds is 7. The number of hydroxylamine groups is 1. The first-order valence-corrected chi connectivity index (χ1v) is 13.5. The van der Waals surface area contributed by atoms with Crippen LogP contribution in [0.1, 0.15) is 25.7 Å². The number of carbonyl (C=O) groups excluding carboxylic acids is 1. The van der Waals surface area contributed by atoms with Crippen LogP contribution >= 0.6 is 0 Å². The molecule has 0 spiro atoms. The third kappa shape index (κ3) is 4.38. The SMILES string of the molecule is COc1ccc(-c2ccc(-c3ccc(S(=O)(=O)C4(C(=O)NO)CCN(C5CC5)CC4)cc3)nc2)cc1. The summed E-state index contributed by atoms with van der Waals surface area (Å²) < 4.78 is 30.9. The molecule has 8 nitrogen and oxygen atoms in total. The summed E-state index contributed by atoms with van der Waals surface area (Å²) >= 11 is 0. The van der Waals surface area contributed by atoms with Gasteiger partial charge >= 0.3 is 0 Å². The predicted octanol–water partition coefficient (Wildman–Crippen LogP) is 3.70. The quantitative estimate of drug-likeness (QED) is 0.371. The number of nitrogens with zero attached hydrogens (tertiary/aromatic N) is 2. The van der Waals surface area contributed by atoms with E-state index in [1.165, 1.54) is 12.1 Å². The maximum Gasteiger partial charge on any atom is 0.265 e. The molecule has 2 aliphatic rings. The van der Waals surface area contributed by atoms with E-state index in [1.54, 1.807) is 30.9 Å². The smallest absolute Gasteiger partial charge is 0.265 e. The lowest BCUT2D eigenvalue weighted by atomic mass is 9.94. The fraction of sp³-hybridized carbons (Fsp3) is 0.333. The average Bonchev–Trinajstić information content (AvgIpc) is 3.78. The van der Waals surface area contributed by atoms with E-state index in [0.29, 0.717) is 24.8 Å². The maximum atomic E-state index is 13.7. The van der Waals surface area contributed by atoms with E-state index < -0.39 is 20.5 Å². The molecular formula is C27H29N3O5S. The molecule has 1 amide bonds. The van der Waals surface area contributed by atoms with E-state index in [2.05, 4.69) is 9.88 Å². The van der Waals surface area contributed by atoms with Gasteiger partial charge in [-0.3, -0.25) is 15.0 Å². The highest BCUT2D eigenvalue weighted by Crippen LogP contribution is 2.39. The first-order valence-electron chi connectivity index (χ1n) is 12.0. The molecule has 3 aromatic rings. The van der Waals surface area contributed by atoms with Gasteiger partial charge in [0.2, 0.25) is 0 Å². The molecule has 0 radical (unpaired) electrons. The highest BCUT2D eigenvalue weighted by Gasteiger charge is 2.53.